The summed E-state index contributed by atoms with van der Waals surface area (Å²) < 4.78 is 30.4. The molecule has 0 unspecified atom stereocenters. The number of carbonyl (C=O) groups is 1. The van der Waals surface area contributed by atoms with Crippen LogP contribution in [-0.2, 0) is 6.54 Å². The highest BCUT2D eigenvalue weighted by atomic mass is 79.9. The topological polar surface area (TPSA) is 41.6 Å². The summed E-state index contributed by atoms with van der Waals surface area (Å²) in [5, 5.41) is 2.63. The molecule has 1 N–H and O–H groups in total. The lowest BCUT2D eigenvalue weighted by Gasteiger charge is -2.20. The van der Waals surface area contributed by atoms with Gasteiger partial charge in [-0.15, -0.1) is 0 Å². The first kappa shape index (κ1) is 18.2. The van der Waals surface area contributed by atoms with Gasteiger partial charge >= 0.3 is 12.6 Å². The number of carbonyl (C=O) groups excluding carboxylic acids is 1. The molecular formula is C17H17BrF2N2O2. The van der Waals surface area contributed by atoms with Crippen molar-refractivity contribution in [2.24, 2.45) is 0 Å². The summed E-state index contributed by atoms with van der Waals surface area (Å²) in [4.78, 5) is 13.8. The molecule has 0 aliphatic rings. The van der Waals surface area contributed by atoms with E-state index in [1.807, 2.05) is 24.3 Å². The molecule has 0 aliphatic heterocycles. The number of nitrogens with one attached hydrogen (secondary N) is 1. The number of ether oxygens (including phenoxy) is 1. The molecule has 128 valence electrons. The van der Waals surface area contributed by atoms with Gasteiger partial charge in [-0.3, -0.25) is 0 Å². The van der Waals surface area contributed by atoms with E-state index >= 15 is 0 Å². The molecule has 0 aliphatic carbocycles. The van der Waals surface area contributed by atoms with Crippen molar-refractivity contribution < 1.29 is 18.3 Å². The lowest BCUT2D eigenvalue weighted by Crippen LogP contribution is -2.31. The van der Waals surface area contributed by atoms with Crippen molar-refractivity contribution in [3.63, 3.8) is 0 Å². The molecular weight excluding hydrogens is 382 g/mol. The minimum atomic E-state index is -2.96. The SMILES string of the molecule is Cc1cccc(OC(F)F)c1NC(=O)N(C)Cc1ccc(Br)cc1. The highest BCUT2D eigenvalue weighted by Gasteiger charge is 2.16. The molecule has 7 heteroatoms. The monoisotopic (exact) mass is 398 g/mol. The Kier molecular flexibility index (Phi) is 6.14. The van der Waals surface area contributed by atoms with Gasteiger partial charge in [0.2, 0.25) is 0 Å². The molecule has 0 saturated carbocycles. The number of aryl methyl sites for hydroxylation is 1. The molecule has 0 spiro atoms. The van der Waals surface area contributed by atoms with Gasteiger partial charge in [0.1, 0.15) is 5.75 Å². The van der Waals surface area contributed by atoms with Gasteiger partial charge in [-0.25, -0.2) is 4.79 Å². The van der Waals surface area contributed by atoms with Gasteiger partial charge in [-0.2, -0.15) is 8.78 Å². The second-order valence-electron chi connectivity index (χ2n) is 5.24. The third-order valence-electron chi connectivity index (χ3n) is 3.36. The maximum absolute atomic E-state index is 12.5. The van der Waals surface area contributed by atoms with Crippen LogP contribution in [0.4, 0.5) is 19.3 Å². The van der Waals surface area contributed by atoms with Crippen LogP contribution in [-0.4, -0.2) is 24.6 Å². The first-order valence-corrected chi connectivity index (χ1v) is 7.97. The minimum Gasteiger partial charge on any atom is -0.433 e. The van der Waals surface area contributed by atoms with Gasteiger partial charge in [0, 0.05) is 18.1 Å². The summed E-state index contributed by atoms with van der Waals surface area (Å²) in [6, 6.07) is 11.8. The Morgan fingerprint density at radius 1 is 1.25 bits per heavy atom. The Hall–Kier alpha value is -2.15. The van der Waals surface area contributed by atoms with Gasteiger partial charge < -0.3 is 15.0 Å². The number of anilines is 1. The molecule has 0 aromatic heterocycles. The third-order valence-corrected chi connectivity index (χ3v) is 3.89. The zero-order valence-electron chi connectivity index (χ0n) is 13.2. The number of hydrogen-bond acceptors (Lipinski definition) is 2. The van der Waals surface area contributed by atoms with Crippen molar-refractivity contribution in [3.8, 4) is 5.75 Å². The summed E-state index contributed by atoms with van der Waals surface area (Å²) in [5.41, 5.74) is 1.83. The van der Waals surface area contributed by atoms with E-state index in [1.54, 1.807) is 26.1 Å². The Balaban J connectivity index is 2.09. The second kappa shape index (κ2) is 8.10. The average Bonchev–Trinajstić information content (AvgIpc) is 2.52. The van der Waals surface area contributed by atoms with E-state index < -0.39 is 12.6 Å². The predicted octanol–water partition coefficient (Wildman–Crippen LogP) is 5.02. The summed E-state index contributed by atoms with van der Waals surface area (Å²) in [7, 11) is 1.63. The van der Waals surface area contributed by atoms with E-state index in [9.17, 15) is 13.6 Å². The maximum atomic E-state index is 12.5. The smallest absolute Gasteiger partial charge is 0.387 e. The first-order chi connectivity index (χ1) is 11.4. The molecule has 2 rings (SSSR count). The van der Waals surface area contributed by atoms with Crippen molar-refractivity contribution in [3.05, 3.63) is 58.1 Å². The van der Waals surface area contributed by atoms with Crippen LogP contribution < -0.4 is 10.1 Å². The zero-order valence-corrected chi connectivity index (χ0v) is 14.8. The van der Waals surface area contributed by atoms with Crippen LogP contribution in [0.2, 0.25) is 0 Å². The molecule has 0 heterocycles. The molecule has 2 amide bonds. The van der Waals surface area contributed by atoms with Crippen molar-refractivity contribution in [1.29, 1.82) is 0 Å². The number of rotatable bonds is 5. The molecule has 0 bridgehead atoms. The van der Waals surface area contributed by atoms with Crippen molar-refractivity contribution in [2.75, 3.05) is 12.4 Å². The van der Waals surface area contributed by atoms with E-state index in [1.165, 1.54) is 11.0 Å². The Morgan fingerprint density at radius 2 is 1.92 bits per heavy atom. The number of hydrogen-bond donors (Lipinski definition) is 1. The zero-order chi connectivity index (χ0) is 17.7. The van der Waals surface area contributed by atoms with E-state index in [0.717, 1.165) is 10.0 Å². The average molecular weight is 399 g/mol. The summed E-state index contributed by atoms with van der Waals surface area (Å²) in [5.74, 6) is -0.0598. The predicted molar refractivity (Wildman–Crippen MR) is 92.4 cm³/mol. The van der Waals surface area contributed by atoms with Crippen molar-refractivity contribution in [2.45, 2.75) is 20.1 Å². The summed E-state index contributed by atoms with van der Waals surface area (Å²) in [6.07, 6.45) is 0. The molecule has 24 heavy (non-hydrogen) atoms. The van der Waals surface area contributed by atoms with Gasteiger partial charge in [-0.1, -0.05) is 40.2 Å². The number of alkyl halides is 2. The van der Waals surface area contributed by atoms with Crippen LogP contribution >= 0.6 is 15.9 Å². The molecule has 2 aromatic rings. The molecule has 0 saturated heterocycles. The van der Waals surface area contributed by atoms with Gasteiger partial charge in [0.05, 0.1) is 5.69 Å². The fourth-order valence-electron chi connectivity index (χ4n) is 2.13. The van der Waals surface area contributed by atoms with E-state index in [0.29, 0.717) is 12.1 Å². The van der Waals surface area contributed by atoms with Crippen molar-refractivity contribution >= 4 is 27.6 Å². The summed E-state index contributed by atoms with van der Waals surface area (Å²) in [6.45, 7) is -0.860. The number of amides is 2. The molecule has 0 fully saturated rings. The minimum absolute atomic E-state index is 0.0598. The fraction of sp³-hybridized carbons (Fsp3) is 0.235. The molecule has 0 atom stereocenters. The molecule has 2 aromatic carbocycles. The van der Waals surface area contributed by atoms with Crippen LogP contribution in [0.3, 0.4) is 0 Å². The number of benzene rings is 2. The van der Waals surface area contributed by atoms with Crippen LogP contribution in [0.5, 0.6) is 5.75 Å². The van der Waals surface area contributed by atoms with Gasteiger partial charge in [0.25, 0.3) is 0 Å². The lowest BCUT2D eigenvalue weighted by atomic mass is 10.2. The molecule has 0 radical (unpaired) electrons. The van der Waals surface area contributed by atoms with Crippen LogP contribution in [0.15, 0.2) is 46.9 Å². The van der Waals surface area contributed by atoms with Crippen LogP contribution in [0.25, 0.3) is 0 Å². The van der Waals surface area contributed by atoms with E-state index in [2.05, 4.69) is 26.0 Å². The standard InChI is InChI=1S/C17H17BrF2N2O2/c1-11-4-3-5-14(24-16(19)20)15(11)21-17(23)22(2)10-12-6-8-13(18)9-7-12/h3-9,16H,10H2,1-2H3,(H,21,23). The highest BCUT2D eigenvalue weighted by Crippen LogP contribution is 2.29. The highest BCUT2D eigenvalue weighted by molar-refractivity contribution is 9.10. The maximum Gasteiger partial charge on any atom is 0.387 e. The Bertz CT molecular complexity index is 708. The largest absolute Gasteiger partial charge is 0.433 e. The van der Waals surface area contributed by atoms with Gasteiger partial charge in [0.15, 0.2) is 0 Å². The van der Waals surface area contributed by atoms with Gasteiger partial charge in [-0.05, 0) is 36.2 Å². The number of para-hydroxylation sites is 1. The van der Waals surface area contributed by atoms with E-state index in [4.69, 9.17) is 0 Å². The number of urea groups is 1. The number of halogens is 3. The number of nitrogens with zero attached hydrogens (tertiary/aromatic N) is 1. The lowest BCUT2D eigenvalue weighted by molar-refractivity contribution is -0.0493. The summed E-state index contributed by atoms with van der Waals surface area (Å²) >= 11 is 3.35. The first-order valence-electron chi connectivity index (χ1n) is 7.18. The van der Waals surface area contributed by atoms with Crippen LogP contribution in [0.1, 0.15) is 11.1 Å². The van der Waals surface area contributed by atoms with Crippen LogP contribution in [0, 0.1) is 6.92 Å². The second-order valence-corrected chi connectivity index (χ2v) is 6.15. The Morgan fingerprint density at radius 3 is 2.54 bits per heavy atom. The fourth-order valence-corrected chi connectivity index (χ4v) is 2.40. The molecule has 4 nitrogen and oxygen atoms in total. The normalized spacial score (nSPS) is 10.6. The van der Waals surface area contributed by atoms with Crippen molar-refractivity contribution in [1.82, 2.24) is 4.90 Å². The van der Waals surface area contributed by atoms with E-state index in [-0.39, 0.29) is 11.4 Å². The quantitative estimate of drug-likeness (QED) is 0.767. The third kappa shape index (κ3) is 4.92. The Labute approximate surface area is 147 Å².